The number of ketones is 1. The van der Waals surface area contributed by atoms with E-state index in [1.165, 1.54) is 0 Å². The summed E-state index contributed by atoms with van der Waals surface area (Å²) in [4.78, 5) is 49.2. The highest BCUT2D eigenvalue weighted by molar-refractivity contribution is 6.04. The average Bonchev–Trinajstić information content (AvgIpc) is 3.14. The number of alkyl carbamates (subject to hydrolysis) is 1. The molecule has 0 aliphatic heterocycles. The molecule has 0 aromatic carbocycles. The van der Waals surface area contributed by atoms with Crippen LogP contribution in [0.3, 0.4) is 0 Å². The van der Waals surface area contributed by atoms with Gasteiger partial charge in [-0.1, -0.05) is 0 Å². The number of fused-ring (bicyclic) bond motifs is 1. The van der Waals surface area contributed by atoms with Crippen LogP contribution >= 0.6 is 0 Å². The third-order valence-electron chi connectivity index (χ3n) is 4.34. The molecule has 0 aromatic heterocycles. The normalized spacial score (nSPS) is 30.3. The number of ether oxygens (including phenoxy) is 3. The van der Waals surface area contributed by atoms with Crippen molar-refractivity contribution in [2.75, 3.05) is 13.2 Å². The van der Waals surface area contributed by atoms with E-state index in [1.54, 1.807) is 34.6 Å². The van der Waals surface area contributed by atoms with Gasteiger partial charge < -0.3 is 19.5 Å². The van der Waals surface area contributed by atoms with Gasteiger partial charge >= 0.3 is 18.0 Å². The summed E-state index contributed by atoms with van der Waals surface area (Å²) >= 11 is 0. The highest BCUT2D eigenvalue weighted by atomic mass is 16.6. The zero-order valence-corrected chi connectivity index (χ0v) is 15.2. The zero-order chi connectivity index (χ0) is 19.0. The summed E-state index contributed by atoms with van der Waals surface area (Å²) in [6, 6.07) is 0. The first-order valence-electron chi connectivity index (χ1n) is 8.45. The molecular weight excluding hydrogens is 330 g/mol. The molecule has 2 aliphatic rings. The maximum absolute atomic E-state index is 12.6. The van der Waals surface area contributed by atoms with Gasteiger partial charge in [0.05, 0.1) is 19.1 Å². The molecule has 8 nitrogen and oxygen atoms in total. The van der Waals surface area contributed by atoms with Gasteiger partial charge in [0.25, 0.3) is 0 Å². The highest BCUT2D eigenvalue weighted by Crippen LogP contribution is 2.61. The van der Waals surface area contributed by atoms with Gasteiger partial charge in [-0.2, -0.15) is 0 Å². The fraction of sp³-hybridized carbons (Fsp3) is 0.765. The van der Waals surface area contributed by atoms with E-state index in [-0.39, 0.29) is 25.4 Å². The summed E-state index contributed by atoms with van der Waals surface area (Å²) in [7, 11) is 0. The van der Waals surface area contributed by atoms with Crippen molar-refractivity contribution in [3.63, 3.8) is 0 Å². The molecule has 2 aliphatic carbocycles. The Bertz CT molecular complexity index is 594. The number of hydrogen-bond acceptors (Lipinski definition) is 7. The van der Waals surface area contributed by atoms with Crippen LogP contribution in [0.4, 0.5) is 4.79 Å². The highest BCUT2D eigenvalue weighted by Gasteiger charge is 2.76. The lowest BCUT2D eigenvalue weighted by Gasteiger charge is -2.31. The summed E-state index contributed by atoms with van der Waals surface area (Å²) < 4.78 is 15.3. The van der Waals surface area contributed by atoms with Gasteiger partial charge in [-0.25, -0.2) is 9.59 Å². The molecule has 25 heavy (non-hydrogen) atoms. The Morgan fingerprint density at radius 3 is 2.28 bits per heavy atom. The van der Waals surface area contributed by atoms with E-state index in [1.807, 2.05) is 0 Å². The van der Waals surface area contributed by atoms with Crippen molar-refractivity contribution in [1.82, 2.24) is 5.32 Å². The summed E-state index contributed by atoms with van der Waals surface area (Å²) in [5, 5.41) is 2.52. The molecule has 2 saturated carbocycles. The van der Waals surface area contributed by atoms with Crippen LogP contribution in [0.1, 0.15) is 41.0 Å². The lowest BCUT2D eigenvalue weighted by Crippen LogP contribution is -2.58. The summed E-state index contributed by atoms with van der Waals surface area (Å²) in [6.45, 7) is 8.61. The molecule has 0 bridgehead atoms. The lowest BCUT2D eigenvalue weighted by molar-refractivity contribution is -0.154. The smallest absolute Gasteiger partial charge is 0.408 e. The van der Waals surface area contributed by atoms with Crippen LogP contribution in [0.2, 0.25) is 0 Å². The van der Waals surface area contributed by atoms with Gasteiger partial charge in [-0.05, 0) is 34.6 Å². The topological polar surface area (TPSA) is 108 Å². The molecule has 0 aromatic rings. The number of nitrogens with one attached hydrogen (secondary N) is 1. The Hall–Kier alpha value is -2.12. The second-order valence-electron chi connectivity index (χ2n) is 7.29. The molecule has 0 spiro atoms. The van der Waals surface area contributed by atoms with E-state index in [2.05, 4.69) is 5.32 Å². The molecule has 1 N–H and O–H groups in total. The minimum absolute atomic E-state index is 0.0895. The summed E-state index contributed by atoms with van der Waals surface area (Å²) in [5.74, 6) is -3.55. The van der Waals surface area contributed by atoms with Gasteiger partial charge in [0.1, 0.15) is 11.4 Å². The monoisotopic (exact) mass is 355 g/mol. The van der Waals surface area contributed by atoms with Crippen molar-refractivity contribution in [3.8, 4) is 0 Å². The molecule has 2 fully saturated rings. The van der Waals surface area contributed by atoms with Crippen LogP contribution in [0, 0.1) is 17.8 Å². The number of carbonyl (C=O) groups is 4. The Morgan fingerprint density at radius 1 is 1.16 bits per heavy atom. The number of hydrogen-bond donors (Lipinski definition) is 1. The fourth-order valence-corrected chi connectivity index (χ4v) is 3.50. The van der Waals surface area contributed by atoms with E-state index < -0.39 is 46.9 Å². The molecule has 0 radical (unpaired) electrons. The van der Waals surface area contributed by atoms with E-state index >= 15 is 0 Å². The van der Waals surface area contributed by atoms with Gasteiger partial charge in [-0.3, -0.25) is 9.59 Å². The molecule has 0 saturated heterocycles. The quantitative estimate of drug-likeness (QED) is 0.583. The maximum Gasteiger partial charge on any atom is 0.408 e. The van der Waals surface area contributed by atoms with Crippen LogP contribution in [0.5, 0.6) is 0 Å². The Kier molecular flexibility index (Phi) is 5.11. The van der Waals surface area contributed by atoms with E-state index in [0.717, 1.165) is 0 Å². The maximum atomic E-state index is 12.6. The molecule has 0 heterocycles. The minimum atomic E-state index is -1.59. The molecule has 4 atom stereocenters. The predicted octanol–water partition coefficient (Wildman–Crippen LogP) is 1.21. The Balaban J connectivity index is 2.27. The molecule has 0 unspecified atom stereocenters. The van der Waals surface area contributed by atoms with Gasteiger partial charge in [-0.15, -0.1) is 0 Å². The SMILES string of the molecule is CCOC(=O)[C@@H]1[C@H]2C(=O)C[C@](NC(=O)OC(C)(C)C)(C(=O)OCC)[C@@H]21. The summed E-state index contributed by atoms with van der Waals surface area (Å²) in [6.07, 6.45) is -1.04. The van der Waals surface area contributed by atoms with Crippen LogP contribution < -0.4 is 5.32 Å². The van der Waals surface area contributed by atoms with Crippen molar-refractivity contribution < 1.29 is 33.4 Å². The molecule has 1 amide bonds. The lowest BCUT2D eigenvalue weighted by atomic mass is 9.90. The van der Waals surface area contributed by atoms with E-state index in [4.69, 9.17) is 14.2 Å². The molecular formula is C17H25NO7. The Morgan fingerprint density at radius 2 is 1.76 bits per heavy atom. The standard InChI is InChI=1S/C17H25NO7/c1-6-23-13(20)11-10-9(19)8-17(12(10)11,14(21)24-7-2)18-15(22)25-16(3,4)5/h10-12H,6-8H2,1-5H3,(H,18,22)/t10-,11-,12+,17-/m1/s1. The first-order chi connectivity index (χ1) is 11.6. The van der Waals surface area contributed by atoms with Crippen molar-refractivity contribution in [1.29, 1.82) is 0 Å². The first-order valence-corrected chi connectivity index (χ1v) is 8.45. The number of amides is 1. The van der Waals surface area contributed by atoms with Crippen molar-refractivity contribution in [2.24, 2.45) is 17.8 Å². The van der Waals surface area contributed by atoms with Gasteiger partial charge in [0.15, 0.2) is 5.54 Å². The average molecular weight is 355 g/mol. The minimum Gasteiger partial charge on any atom is -0.466 e. The first kappa shape index (κ1) is 19.2. The largest absolute Gasteiger partial charge is 0.466 e. The zero-order valence-electron chi connectivity index (χ0n) is 15.2. The van der Waals surface area contributed by atoms with Crippen LogP contribution in [-0.4, -0.2) is 48.2 Å². The summed E-state index contributed by atoms with van der Waals surface area (Å²) in [5.41, 5.74) is -2.36. The van der Waals surface area contributed by atoms with E-state index in [0.29, 0.717) is 0 Å². The third kappa shape index (κ3) is 3.62. The van der Waals surface area contributed by atoms with Crippen LogP contribution in [-0.2, 0) is 28.6 Å². The van der Waals surface area contributed by atoms with Crippen molar-refractivity contribution >= 4 is 23.8 Å². The number of esters is 2. The van der Waals surface area contributed by atoms with Crippen LogP contribution in [0.25, 0.3) is 0 Å². The third-order valence-corrected chi connectivity index (χ3v) is 4.34. The molecule has 8 heteroatoms. The number of Topliss-reactive ketones (excluding diaryl/α,β-unsaturated/α-hetero) is 1. The van der Waals surface area contributed by atoms with E-state index in [9.17, 15) is 19.2 Å². The second-order valence-corrected chi connectivity index (χ2v) is 7.29. The van der Waals surface area contributed by atoms with Crippen molar-refractivity contribution in [2.45, 2.75) is 52.2 Å². The number of rotatable bonds is 5. The van der Waals surface area contributed by atoms with Gasteiger partial charge in [0, 0.05) is 18.3 Å². The Labute approximate surface area is 146 Å². The predicted molar refractivity (Wildman–Crippen MR) is 85.5 cm³/mol. The second kappa shape index (κ2) is 6.65. The molecule has 2 rings (SSSR count). The fourth-order valence-electron chi connectivity index (χ4n) is 3.50. The number of carbonyl (C=O) groups excluding carboxylic acids is 4. The van der Waals surface area contributed by atoms with Crippen LogP contribution in [0.15, 0.2) is 0 Å². The molecule has 140 valence electrons. The van der Waals surface area contributed by atoms with Gasteiger partial charge in [0.2, 0.25) is 0 Å². The van der Waals surface area contributed by atoms with Crippen molar-refractivity contribution in [3.05, 3.63) is 0 Å².